The molecule has 2 aromatic heterocycles. The average Bonchev–Trinajstić information content (AvgIpc) is 3.39. The van der Waals surface area contributed by atoms with E-state index in [2.05, 4.69) is 23.3 Å². The van der Waals surface area contributed by atoms with E-state index in [0.29, 0.717) is 24.8 Å². The number of hydrogen-bond donors (Lipinski definition) is 2. The van der Waals surface area contributed by atoms with E-state index in [-0.39, 0.29) is 17.8 Å². The molecule has 0 saturated heterocycles. The van der Waals surface area contributed by atoms with E-state index < -0.39 is 0 Å². The molecule has 2 heterocycles. The van der Waals surface area contributed by atoms with Crippen LogP contribution in [-0.4, -0.2) is 34.4 Å². The molecule has 2 aromatic carbocycles. The first-order chi connectivity index (χ1) is 16.0. The first-order valence-corrected chi connectivity index (χ1v) is 11.8. The summed E-state index contributed by atoms with van der Waals surface area (Å²) in [7, 11) is 0. The highest BCUT2D eigenvalue weighted by molar-refractivity contribution is 5.98. The molecule has 1 fully saturated rings. The summed E-state index contributed by atoms with van der Waals surface area (Å²) >= 11 is 0. The number of para-hydroxylation sites is 1. The van der Waals surface area contributed by atoms with Gasteiger partial charge in [0, 0.05) is 34.9 Å². The Balaban J connectivity index is 1.27. The number of carbonyl (C=O) groups is 1. The van der Waals surface area contributed by atoms with Crippen LogP contribution >= 0.6 is 0 Å². The fourth-order valence-corrected chi connectivity index (χ4v) is 5.20. The molecule has 2 atom stereocenters. The van der Waals surface area contributed by atoms with Gasteiger partial charge in [0.25, 0.3) is 5.91 Å². The highest BCUT2D eigenvalue weighted by atomic mass is 19.1. The highest BCUT2D eigenvalue weighted by Gasteiger charge is 2.30. The van der Waals surface area contributed by atoms with Crippen molar-refractivity contribution in [3.05, 3.63) is 71.4 Å². The Kier molecular flexibility index (Phi) is 5.94. The van der Waals surface area contributed by atoms with E-state index in [4.69, 9.17) is 4.42 Å². The summed E-state index contributed by atoms with van der Waals surface area (Å²) in [5, 5.41) is 5.56. The standard InChI is InChI=1S/C27H30FN3O2/c1-3-31(27(32)24-14-18-13-19(28)11-12-23(18)30-24)21-8-6-7-20(15-21)29-16-26-17(2)22-9-4-5-10-25(22)33-26/h4-5,9-14,20-21,29-30H,3,6-8,15-16H2,1-2H3/t20-,21+/m1/s1. The number of nitrogens with zero attached hydrogens (tertiary/aromatic N) is 1. The van der Waals surface area contributed by atoms with E-state index in [1.54, 1.807) is 12.1 Å². The van der Waals surface area contributed by atoms with Crippen LogP contribution in [0.5, 0.6) is 0 Å². The zero-order valence-corrected chi connectivity index (χ0v) is 19.2. The third kappa shape index (κ3) is 4.27. The van der Waals surface area contributed by atoms with Gasteiger partial charge in [-0.05, 0) is 75.4 Å². The lowest BCUT2D eigenvalue weighted by atomic mass is 9.89. The molecule has 33 heavy (non-hydrogen) atoms. The molecule has 172 valence electrons. The third-order valence-electron chi connectivity index (χ3n) is 7.00. The lowest BCUT2D eigenvalue weighted by Gasteiger charge is -2.37. The topological polar surface area (TPSA) is 61.3 Å². The molecule has 0 radical (unpaired) electrons. The van der Waals surface area contributed by atoms with E-state index >= 15 is 0 Å². The maximum atomic E-state index is 13.6. The zero-order valence-electron chi connectivity index (χ0n) is 19.2. The summed E-state index contributed by atoms with van der Waals surface area (Å²) in [6.07, 6.45) is 4.07. The second-order valence-electron chi connectivity index (χ2n) is 9.05. The molecule has 1 saturated carbocycles. The Bertz CT molecular complexity index is 1290. The maximum Gasteiger partial charge on any atom is 0.270 e. The third-order valence-corrected chi connectivity index (χ3v) is 7.00. The van der Waals surface area contributed by atoms with Gasteiger partial charge in [-0.2, -0.15) is 0 Å². The molecule has 1 aliphatic carbocycles. The SMILES string of the molecule is CCN(C(=O)c1cc2cc(F)ccc2[nH]1)[C@H]1CCC[C@@H](NCc2oc3ccccc3c2C)C1. The predicted octanol–water partition coefficient (Wildman–Crippen LogP) is 5.92. The minimum atomic E-state index is -0.297. The molecule has 0 unspecified atom stereocenters. The van der Waals surface area contributed by atoms with E-state index in [9.17, 15) is 9.18 Å². The van der Waals surface area contributed by atoms with Crippen LogP contribution in [0.3, 0.4) is 0 Å². The van der Waals surface area contributed by atoms with Crippen LogP contribution in [0, 0.1) is 12.7 Å². The van der Waals surface area contributed by atoms with Gasteiger partial charge in [-0.25, -0.2) is 4.39 Å². The summed E-state index contributed by atoms with van der Waals surface area (Å²) in [5.41, 5.74) is 3.41. The Morgan fingerprint density at radius 1 is 1.21 bits per heavy atom. The van der Waals surface area contributed by atoms with Gasteiger partial charge in [-0.1, -0.05) is 18.2 Å². The Morgan fingerprint density at radius 3 is 2.88 bits per heavy atom. The number of aromatic amines is 1. The van der Waals surface area contributed by atoms with Crippen LogP contribution in [0.1, 0.15) is 54.4 Å². The number of rotatable bonds is 6. The number of nitrogens with one attached hydrogen (secondary N) is 2. The van der Waals surface area contributed by atoms with Gasteiger partial charge >= 0.3 is 0 Å². The van der Waals surface area contributed by atoms with Gasteiger partial charge in [-0.3, -0.25) is 4.79 Å². The van der Waals surface area contributed by atoms with Crippen molar-refractivity contribution in [2.45, 2.75) is 58.2 Å². The van der Waals surface area contributed by atoms with Crippen LogP contribution in [0.2, 0.25) is 0 Å². The molecule has 6 heteroatoms. The summed E-state index contributed by atoms with van der Waals surface area (Å²) in [4.78, 5) is 18.5. The monoisotopic (exact) mass is 447 g/mol. The second-order valence-corrected chi connectivity index (χ2v) is 9.05. The molecule has 4 aromatic rings. The maximum absolute atomic E-state index is 13.6. The number of aryl methyl sites for hydroxylation is 1. The minimum absolute atomic E-state index is 0.0205. The van der Waals surface area contributed by atoms with Crippen LogP contribution in [0.15, 0.2) is 52.9 Å². The average molecular weight is 448 g/mol. The number of furan rings is 1. The molecule has 5 nitrogen and oxygen atoms in total. The summed E-state index contributed by atoms with van der Waals surface area (Å²) in [6, 6.07) is 14.9. The summed E-state index contributed by atoms with van der Waals surface area (Å²) in [6.45, 7) is 5.46. The normalized spacial score (nSPS) is 18.8. The summed E-state index contributed by atoms with van der Waals surface area (Å²) < 4.78 is 19.6. The van der Waals surface area contributed by atoms with Gasteiger partial charge in [0.15, 0.2) is 0 Å². The van der Waals surface area contributed by atoms with Crippen molar-refractivity contribution in [1.82, 2.24) is 15.2 Å². The Labute approximate surface area is 193 Å². The number of H-pyrrole nitrogens is 1. The Morgan fingerprint density at radius 2 is 2.06 bits per heavy atom. The number of fused-ring (bicyclic) bond motifs is 2. The molecule has 0 aliphatic heterocycles. The molecule has 1 amide bonds. The molecule has 5 rings (SSSR count). The van der Waals surface area contributed by atoms with E-state index in [0.717, 1.165) is 53.3 Å². The summed E-state index contributed by atoms with van der Waals surface area (Å²) in [5.74, 6) is 0.661. The van der Waals surface area contributed by atoms with E-state index in [1.807, 2.05) is 30.0 Å². The van der Waals surface area contributed by atoms with Gasteiger partial charge in [0.2, 0.25) is 0 Å². The first kappa shape index (κ1) is 21.7. The van der Waals surface area contributed by atoms with Gasteiger partial charge in [0.05, 0.1) is 6.54 Å². The van der Waals surface area contributed by atoms with Crippen molar-refractivity contribution in [1.29, 1.82) is 0 Å². The van der Waals surface area contributed by atoms with Gasteiger partial charge in [0.1, 0.15) is 22.9 Å². The van der Waals surface area contributed by atoms with Gasteiger partial charge < -0.3 is 19.6 Å². The lowest BCUT2D eigenvalue weighted by molar-refractivity contribution is 0.0622. The number of amides is 1. The minimum Gasteiger partial charge on any atom is -0.459 e. The Hall–Kier alpha value is -3.12. The molecule has 1 aliphatic rings. The fraction of sp³-hybridized carbons (Fsp3) is 0.370. The van der Waals surface area contributed by atoms with Crippen LogP contribution in [-0.2, 0) is 6.54 Å². The van der Waals surface area contributed by atoms with Gasteiger partial charge in [-0.15, -0.1) is 0 Å². The predicted molar refractivity (Wildman–Crippen MR) is 129 cm³/mol. The molecule has 0 spiro atoms. The number of hydrogen-bond acceptors (Lipinski definition) is 3. The van der Waals surface area contributed by atoms with Crippen LogP contribution in [0.25, 0.3) is 21.9 Å². The van der Waals surface area contributed by atoms with Crippen molar-refractivity contribution in [2.24, 2.45) is 0 Å². The van der Waals surface area contributed by atoms with Crippen LogP contribution in [0.4, 0.5) is 4.39 Å². The molecule has 2 N–H and O–H groups in total. The van der Waals surface area contributed by atoms with Crippen molar-refractivity contribution < 1.29 is 13.6 Å². The number of carbonyl (C=O) groups excluding carboxylic acids is 1. The number of aromatic nitrogens is 1. The van der Waals surface area contributed by atoms with Crippen LogP contribution < -0.4 is 5.32 Å². The smallest absolute Gasteiger partial charge is 0.270 e. The molecule has 0 bridgehead atoms. The zero-order chi connectivity index (χ0) is 22.9. The van der Waals surface area contributed by atoms with Crippen molar-refractivity contribution in [3.8, 4) is 0 Å². The highest BCUT2D eigenvalue weighted by Crippen LogP contribution is 2.28. The van der Waals surface area contributed by atoms with Crippen molar-refractivity contribution in [3.63, 3.8) is 0 Å². The first-order valence-electron chi connectivity index (χ1n) is 11.8. The second kappa shape index (κ2) is 9.02. The molecular weight excluding hydrogens is 417 g/mol. The fourth-order valence-electron chi connectivity index (χ4n) is 5.20. The lowest BCUT2D eigenvalue weighted by Crippen LogP contribution is -2.46. The number of benzene rings is 2. The van der Waals surface area contributed by atoms with Crippen molar-refractivity contribution >= 4 is 27.8 Å². The molecular formula is C27H30FN3O2. The van der Waals surface area contributed by atoms with E-state index in [1.165, 1.54) is 17.7 Å². The largest absolute Gasteiger partial charge is 0.459 e. The quantitative estimate of drug-likeness (QED) is 0.385. The van der Waals surface area contributed by atoms with Crippen molar-refractivity contribution in [2.75, 3.05) is 6.54 Å². The number of halogens is 1.